The van der Waals surface area contributed by atoms with Crippen LogP contribution in [0.3, 0.4) is 0 Å². The van der Waals surface area contributed by atoms with Crippen LogP contribution in [0.25, 0.3) is 0 Å². The summed E-state index contributed by atoms with van der Waals surface area (Å²) in [5.74, 6) is -0.798. The Labute approximate surface area is 82.8 Å². The molecule has 0 aliphatic heterocycles. The number of carbonyl (C=O) groups excluding carboxylic acids is 1. The number of aliphatic hydroxyl groups is 1. The minimum atomic E-state index is -0.426. The smallest absolute Gasteiger partial charge is 0.188 e. The molecule has 0 saturated heterocycles. The monoisotopic (exact) mass is 244 g/mol. The summed E-state index contributed by atoms with van der Waals surface area (Å²) < 4.78 is 12.9. The van der Waals surface area contributed by atoms with Crippen LogP contribution >= 0.6 is 15.9 Å². The summed E-state index contributed by atoms with van der Waals surface area (Å²) in [5, 5.41) is 8.33. The van der Waals surface area contributed by atoms with Gasteiger partial charge in [0.2, 0.25) is 0 Å². The van der Waals surface area contributed by atoms with E-state index in [-0.39, 0.29) is 10.3 Å². The number of ketones is 1. The number of aliphatic hydroxyl groups excluding tert-OH is 1. The molecule has 0 aromatic heterocycles. The molecule has 0 heterocycles. The van der Waals surface area contributed by atoms with Crippen molar-refractivity contribution in [3.05, 3.63) is 46.4 Å². The Balaban J connectivity index is 3.04. The maximum atomic E-state index is 12.7. The molecule has 1 aromatic carbocycles. The van der Waals surface area contributed by atoms with Gasteiger partial charge in [-0.3, -0.25) is 4.79 Å². The summed E-state index contributed by atoms with van der Waals surface area (Å²) in [4.78, 5) is 11.1. The molecule has 0 aliphatic rings. The van der Waals surface area contributed by atoms with Crippen molar-refractivity contribution in [2.45, 2.75) is 0 Å². The second-order valence-electron chi connectivity index (χ2n) is 2.31. The van der Waals surface area contributed by atoms with Gasteiger partial charge in [0.15, 0.2) is 5.78 Å². The van der Waals surface area contributed by atoms with E-state index in [1.54, 1.807) is 0 Å². The molecule has 0 radical (unpaired) electrons. The molecule has 1 aromatic rings. The van der Waals surface area contributed by atoms with Crippen molar-refractivity contribution in [1.29, 1.82) is 0 Å². The predicted molar refractivity (Wildman–Crippen MR) is 50.2 cm³/mol. The minimum absolute atomic E-state index is 0.227. The lowest BCUT2D eigenvalue weighted by atomic mass is 10.1. The van der Waals surface area contributed by atoms with Gasteiger partial charge in [-0.1, -0.05) is 0 Å². The van der Waals surface area contributed by atoms with E-state index < -0.39 is 5.82 Å². The van der Waals surface area contributed by atoms with Gasteiger partial charge in [-0.05, 0) is 34.1 Å². The third-order valence-corrected chi connectivity index (χ3v) is 2.04. The van der Waals surface area contributed by atoms with Gasteiger partial charge in [-0.25, -0.2) is 4.39 Å². The van der Waals surface area contributed by atoms with Crippen LogP contribution in [-0.2, 0) is 0 Å². The molecular weight excluding hydrogens is 239 g/mol. The number of halogens is 2. The molecule has 0 atom stereocenters. The molecular formula is C9H6BrFO2. The average molecular weight is 245 g/mol. The largest absolute Gasteiger partial charge is 0.515 e. The van der Waals surface area contributed by atoms with Gasteiger partial charge >= 0.3 is 0 Å². The molecule has 4 heteroatoms. The molecule has 2 nitrogen and oxygen atoms in total. The van der Waals surface area contributed by atoms with Gasteiger partial charge < -0.3 is 5.11 Å². The highest BCUT2D eigenvalue weighted by atomic mass is 79.9. The predicted octanol–water partition coefficient (Wildman–Crippen LogP) is 2.84. The normalized spacial score (nSPS) is 10.6. The standard InChI is InChI=1S/C9H6BrFO2/c10-7-5-6(1-2-8(7)11)9(13)3-4-12/h1-5,12H. The van der Waals surface area contributed by atoms with Gasteiger partial charge in [0.25, 0.3) is 0 Å². The van der Waals surface area contributed by atoms with Crippen molar-refractivity contribution in [3.63, 3.8) is 0 Å². The van der Waals surface area contributed by atoms with Gasteiger partial charge in [0, 0.05) is 11.6 Å². The summed E-state index contributed by atoms with van der Waals surface area (Å²) in [6, 6.07) is 3.89. The van der Waals surface area contributed by atoms with E-state index in [9.17, 15) is 9.18 Å². The second-order valence-corrected chi connectivity index (χ2v) is 3.16. The summed E-state index contributed by atoms with van der Waals surface area (Å²) in [6.45, 7) is 0. The van der Waals surface area contributed by atoms with Gasteiger partial charge in [-0.15, -0.1) is 0 Å². The van der Waals surface area contributed by atoms with Crippen LogP contribution in [0, 0.1) is 5.82 Å². The van der Waals surface area contributed by atoms with Crippen molar-refractivity contribution in [3.8, 4) is 0 Å². The molecule has 0 unspecified atom stereocenters. The number of hydrogen-bond donors (Lipinski definition) is 1. The Kier molecular flexibility index (Phi) is 3.19. The van der Waals surface area contributed by atoms with Crippen LogP contribution in [0.15, 0.2) is 35.0 Å². The van der Waals surface area contributed by atoms with E-state index in [2.05, 4.69) is 15.9 Å². The van der Waals surface area contributed by atoms with Crippen LogP contribution in [0.1, 0.15) is 10.4 Å². The van der Waals surface area contributed by atoms with Gasteiger partial charge in [0.1, 0.15) is 5.82 Å². The lowest BCUT2D eigenvalue weighted by molar-refractivity contribution is 0.104. The van der Waals surface area contributed by atoms with Crippen LogP contribution in [0.2, 0.25) is 0 Å². The molecule has 68 valence electrons. The zero-order valence-electron chi connectivity index (χ0n) is 6.50. The Hall–Kier alpha value is -1.16. The summed E-state index contributed by atoms with van der Waals surface area (Å²) >= 11 is 2.95. The fourth-order valence-corrected chi connectivity index (χ4v) is 1.19. The molecule has 0 aliphatic carbocycles. The second kappa shape index (κ2) is 4.18. The Morgan fingerprint density at radius 1 is 1.54 bits per heavy atom. The first-order valence-corrected chi connectivity index (χ1v) is 4.24. The summed E-state index contributed by atoms with van der Waals surface area (Å²) in [6.07, 6.45) is 1.65. The minimum Gasteiger partial charge on any atom is -0.515 e. The lowest BCUT2D eigenvalue weighted by Gasteiger charge is -1.97. The molecule has 13 heavy (non-hydrogen) atoms. The molecule has 1 rings (SSSR count). The molecule has 0 bridgehead atoms. The van der Waals surface area contributed by atoms with Crippen molar-refractivity contribution in [2.75, 3.05) is 0 Å². The Bertz CT molecular complexity index is 361. The van der Waals surface area contributed by atoms with E-state index >= 15 is 0 Å². The van der Waals surface area contributed by atoms with E-state index in [1.165, 1.54) is 18.2 Å². The zero-order valence-corrected chi connectivity index (χ0v) is 8.08. The molecule has 0 amide bonds. The maximum absolute atomic E-state index is 12.7. The SMILES string of the molecule is O=C(C=CO)c1ccc(F)c(Br)c1. The maximum Gasteiger partial charge on any atom is 0.188 e. The van der Waals surface area contributed by atoms with Gasteiger partial charge in [-0.2, -0.15) is 0 Å². The number of hydrogen-bond acceptors (Lipinski definition) is 2. The fourth-order valence-electron chi connectivity index (χ4n) is 0.813. The summed E-state index contributed by atoms with van der Waals surface area (Å²) in [7, 11) is 0. The average Bonchev–Trinajstić information content (AvgIpc) is 2.10. The highest BCUT2D eigenvalue weighted by molar-refractivity contribution is 9.10. The first-order valence-electron chi connectivity index (χ1n) is 3.45. The van der Waals surface area contributed by atoms with Crippen molar-refractivity contribution in [1.82, 2.24) is 0 Å². The van der Waals surface area contributed by atoms with Crippen LogP contribution < -0.4 is 0 Å². The first-order chi connectivity index (χ1) is 6.15. The third-order valence-electron chi connectivity index (χ3n) is 1.43. The Morgan fingerprint density at radius 3 is 2.77 bits per heavy atom. The van der Waals surface area contributed by atoms with E-state index in [4.69, 9.17) is 5.11 Å². The first kappa shape index (κ1) is 9.92. The van der Waals surface area contributed by atoms with Crippen molar-refractivity contribution >= 4 is 21.7 Å². The molecule has 0 fully saturated rings. The van der Waals surface area contributed by atoms with Crippen molar-refractivity contribution < 1.29 is 14.3 Å². The topological polar surface area (TPSA) is 37.3 Å². The third kappa shape index (κ3) is 2.39. The van der Waals surface area contributed by atoms with E-state index in [1.807, 2.05) is 0 Å². The van der Waals surface area contributed by atoms with Crippen molar-refractivity contribution in [2.24, 2.45) is 0 Å². The number of allylic oxidation sites excluding steroid dienone is 1. The number of rotatable bonds is 2. The van der Waals surface area contributed by atoms with Crippen LogP contribution in [-0.4, -0.2) is 10.9 Å². The fraction of sp³-hybridized carbons (Fsp3) is 0. The van der Waals surface area contributed by atoms with Crippen LogP contribution in [0.4, 0.5) is 4.39 Å². The zero-order chi connectivity index (χ0) is 9.84. The van der Waals surface area contributed by atoms with Crippen LogP contribution in [0.5, 0.6) is 0 Å². The number of benzene rings is 1. The highest BCUT2D eigenvalue weighted by Crippen LogP contribution is 2.17. The van der Waals surface area contributed by atoms with Gasteiger partial charge in [0.05, 0.1) is 10.7 Å². The lowest BCUT2D eigenvalue weighted by Crippen LogP contribution is -1.94. The Morgan fingerprint density at radius 2 is 2.23 bits per heavy atom. The van der Waals surface area contributed by atoms with E-state index in [0.29, 0.717) is 11.8 Å². The molecule has 0 saturated carbocycles. The highest BCUT2D eigenvalue weighted by Gasteiger charge is 2.05. The molecule has 1 N–H and O–H groups in total. The number of carbonyl (C=O) groups is 1. The quantitative estimate of drug-likeness (QED) is 0.494. The summed E-state index contributed by atoms with van der Waals surface area (Å²) in [5.41, 5.74) is 0.318. The molecule has 0 spiro atoms. The van der Waals surface area contributed by atoms with E-state index in [0.717, 1.165) is 6.08 Å².